The number of methoxy groups -OCH3 is 1. The molecule has 0 unspecified atom stereocenters. The van der Waals surface area contributed by atoms with E-state index in [1.54, 1.807) is 31.1 Å². The van der Waals surface area contributed by atoms with Gasteiger partial charge < -0.3 is 19.7 Å². The largest absolute Gasteiger partial charge is 0.493 e. The van der Waals surface area contributed by atoms with E-state index >= 15 is 0 Å². The fourth-order valence-corrected chi connectivity index (χ4v) is 3.02. The molecule has 6 nitrogen and oxygen atoms in total. The number of rotatable bonds is 8. The molecular weight excluding hydrogens is 380 g/mol. The van der Waals surface area contributed by atoms with E-state index < -0.39 is 11.6 Å². The fourth-order valence-electron chi connectivity index (χ4n) is 3.02. The van der Waals surface area contributed by atoms with Gasteiger partial charge in [0.25, 0.3) is 5.91 Å². The lowest BCUT2D eigenvalue weighted by Crippen LogP contribution is -2.53. The third-order valence-electron chi connectivity index (χ3n) is 4.52. The van der Waals surface area contributed by atoms with Crippen LogP contribution >= 0.6 is 0 Å². The molecule has 0 radical (unpaired) electrons. The van der Waals surface area contributed by atoms with Gasteiger partial charge in [0.2, 0.25) is 5.91 Å². The van der Waals surface area contributed by atoms with Gasteiger partial charge in [0, 0.05) is 12.1 Å². The summed E-state index contributed by atoms with van der Waals surface area (Å²) in [4.78, 5) is 27.4. The molecule has 30 heavy (non-hydrogen) atoms. The topological polar surface area (TPSA) is 67.9 Å². The van der Waals surface area contributed by atoms with Crippen LogP contribution in [0.5, 0.6) is 11.5 Å². The molecule has 2 rings (SSSR count). The summed E-state index contributed by atoms with van der Waals surface area (Å²) in [5.41, 5.74) is 1.66. The first kappa shape index (κ1) is 23.3. The molecule has 162 valence electrons. The van der Waals surface area contributed by atoms with Crippen molar-refractivity contribution < 1.29 is 19.1 Å². The first-order valence-electron chi connectivity index (χ1n) is 10.0. The molecule has 1 N–H and O–H groups in total. The van der Waals surface area contributed by atoms with Gasteiger partial charge in [-0.25, -0.2) is 0 Å². The van der Waals surface area contributed by atoms with Crippen LogP contribution in [-0.4, -0.2) is 42.0 Å². The molecule has 0 aliphatic carbocycles. The van der Waals surface area contributed by atoms with Crippen LogP contribution < -0.4 is 14.8 Å². The zero-order valence-electron chi connectivity index (χ0n) is 18.7. The van der Waals surface area contributed by atoms with E-state index in [1.807, 2.05) is 64.1 Å². The molecule has 0 saturated carbocycles. The van der Waals surface area contributed by atoms with Gasteiger partial charge in [-0.05, 0) is 52.3 Å². The summed E-state index contributed by atoms with van der Waals surface area (Å²) in [6.07, 6.45) is 0. The highest BCUT2D eigenvalue weighted by atomic mass is 16.5. The minimum Gasteiger partial charge on any atom is -0.493 e. The van der Waals surface area contributed by atoms with Crippen LogP contribution in [0.1, 0.15) is 38.8 Å². The summed E-state index contributed by atoms with van der Waals surface area (Å²) in [5.74, 6) is 0.546. The van der Waals surface area contributed by atoms with Gasteiger partial charge in [-0.1, -0.05) is 42.0 Å². The predicted octanol–water partition coefficient (Wildman–Crippen LogP) is 3.71. The number of carbonyl (C=O) groups is 2. The minimum atomic E-state index is -0.654. The first-order valence-corrected chi connectivity index (χ1v) is 10.0. The molecule has 0 aliphatic heterocycles. The number of carbonyl (C=O) groups excluding carboxylic acids is 2. The molecule has 6 heteroatoms. The SMILES string of the molecule is COc1ccccc1OCC(=O)N(Cc1cccc(C)c1)[C@H](C)C(=O)NC(C)(C)C. The number of amides is 2. The third kappa shape index (κ3) is 6.79. The van der Waals surface area contributed by atoms with Crippen molar-refractivity contribution in [2.45, 2.75) is 52.7 Å². The van der Waals surface area contributed by atoms with Crippen molar-refractivity contribution in [3.8, 4) is 11.5 Å². The normalized spacial score (nSPS) is 12.1. The van der Waals surface area contributed by atoms with Crippen molar-refractivity contribution in [2.75, 3.05) is 13.7 Å². The summed E-state index contributed by atoms with van der Waals surface area (Å²) in [7, 11) is 1.55. The highest BCUT2D eigenvalue weighted by Crippen LogP contribution is 2.26. The summed E-state index contributed by atoms with van der Waals surface area (Å²) in [6, 6.07) is 14.4. The van der Waals surface area contributed by atoms with Crippen LogP contribution in [0.2, 0.25) is 0 Å². The summed E-state index contributed by atoms with van der Waals surface area (Å²) in [6.45, 7) is 9.58. The summed E-state index contributed by atoms with van der Waals surface area (Å²) >= 11 is 0. The van der Waals surface area contributed by atoms with E-state index in [0.29, 0.717) is 18.0 Å². The van der Waals surface area contributed by atoms with Crippen molar-refractivity contribution in [3.05, 3.63) is 59.7 Å². The Morgan fingerprint density at radius 3 is 2.33 bits per heavy atom. The Morgan fingerprint density at radius 2 is 1.73 bits per heavy atom. The minimum absolute atomic E-state index is 0.195. The number of hydrogen-bond acceptors (Lipinski definition) is 4. The van der Waals surface area contributed by atoms with E-state index in [9.17, 15) is 9.59 Å². The Morgan fingerprint density at radius 1 is 1.07 bits per heavy atom. The maximum absolute atomic E-state index is 13.1. The first-order chi connectivity index (χ1) is 14.1. The molecule has 0 fully saturated rings. The lowest BCUT2D eigenvalue weighted by Gasteiger charge is -2.31. The van der Waals surface area contributed by atoms with E-state index in [4.69, 9.17) is 9.47 Å². The zero-order valence-corrected chi connectivity index (χ0v) is 18.7. The molecule has 0 bridgehead atoms. The summed E-state index contributed by atoms with van der Waals surface area (Å²) < 4.78 is 11.0. The standard InChI is InChI=1S/C24H32N2O4/c1-17-10-9-11-19(14-17)15-26(18(2)23(28)25-24(3,4)5)22(27)16-30-21-13-8-7-12-20(21)29-6/h7-14,18H,15-16H2,1-6H3,(H,25,28)/t18-/m1/s1. The molecule has 2 aromatic rings. The molecule has 0 aromatic heterocycles. The van der Waals surface area contributed by atoms with Gasteiger partial charge >= 0.3 is 0 Å². The Hall–Kier alpha value is -3.02. The Labute approximate surface area is 179 Å². The highest BCUT2D eigenvalue weighted by molar-refractivity contribution is 5.88. The lowest BCUT2D eigenvalue weighted by atomic mass is 10.1. The lowest BCUT2D eigenvalue weighted by molar-refractivity contribution is -0.142. The average molecular weight is 413 g/mol. The monoisotopic (exact) mass is 412 g/mol. The van der Waals surface area contributed by atoms with Crippen LogP contribution in [0.4, 0.5) is 0 Å². The molecular formula is C24H32N2O4. The van der Waals surface area contributed by atoms with Gasteiger partial charge in [-0.3, -0.25) is 9.59 Å². The van der Waals surface area contributed by atoms with Crippen molar-refractivity contribution in [3.63, 3.8) is 0 Å². The molecule has 0 saturated heterocycles. The second-order valence-corrected chi connectivity index (χ2v) is 8.37. The average Bonchev–Trinajstić information content (AvgIpc) is 2.68. The molecule has 0 heterocycles. The number of benzene rings is 2. The van der Waals surface area contributed by atoms with Crippen molar-refractivity contribution in [2.24, 2.45) is 0 Å². The summed E-state index contributed by atoms with van der Waals surface area (Å²) in [5, 5.41) is 2.95. The molecule has 2 amide bonds. The number of para-hydroxylation sites is 2. The number of nitrogens with zero attached hydrogens (tertiary/aromatic N) is 1. The predicted molar refractivity (Wildman–Crippen MR) is 118 cm³/mol. The van der Waals surface area contributed by atoms with Crippen LogP contribution in [0.15, 0.2) is 48.5 Å². The van der Waals surface area contributed by atoms with Crippen LogP contribution in [-0.2, 0) is 16.1 Å². The maximum Gasteiger partial charge on any atom is 0.261 e. The van der Waals surface area contributed by atoms with Crippen molar-refractivity contribution >= 4 is 11.8 Å². The highest BCUT2D eigenvalue weighted by Gasteiger charge is 2.28. The molecule has 0 aliphatic rings. The molecule has 0 spiro atoms. The Balaban J connectivity index is 2.20. The van der Waals surface area contributed by atoms with Crippen molar-refractivity contribution in [1.82, 2.24) is 10.2 Å². The zero-order chi connectivity index (χ0) is 22.3. The number of ether oxygens (including phenoxy) is 2. The van der Waals surface area contributed by atoms with E-state index in [-0.39, 0.29) is 18.4 Å². The Bertz CT molecular complexity index is 874. The smallest absolute Gasteiger partial charge is 0.261 e. The van der Waals surface area contributed by atoms with Crippen LogP contribution in [0.25, 0.3) is 0 Å². The van der Waals surface area contributed by atoms with Gasteiger partial charge in [-0.2, -0.15) is 0 Å². The number of nitrogens with one attached hydrogen (secondary N) is 1. The molecule has 2 aromatic carbocycles. The van der Waals surface area contributed by atoms with Gasteiger partial charge in [-0.15, -0.1) is 0 Å². The van der Waals surface area contributed by atoms with Gasteiger partial charge in [0.1, 0.15) is 6.04 Å². The molecule has 1 atom stereocenters. The van der Waals surface area contributed by atoms with E-state index in [2.05, 4.69) is 5.32 Å². The number of aryl methyl sites for hydroxylation is 1. The van der Waals surface area contributed by atoms with Gasteiger partial charge in [0.15, 0.2) is 18.1 Å². The second-order valence-electron chi connectivity index (χ2n) is 8.37. The second kappa shape index (κ2) is 10.1. The quantitative estimate of drug-likeness (QED) is 0.718. The van der Waals surface area contributed by atoms with E-state index in [0.717, 1.165) is 11.1 Å². The van der Waals surface area contributed by atoms with E-state index in [1.165, 1.54) is 0 Å². The third-order valence-corrected chi connectivity index (χ3v) is 4.52. The van der Waals surface area contributed by atoms with Gasteiger partial charge in [0.05, 0.1) is 7.11 Å². The Kier molecular flexibility index (Phi) is 7.86. The maximum atomic E-state index is 13.1. The van der Waals surface area contributed by atoms with Crippen molar-refractivity contribution in [1.29, 1.82) is 0 Å². The fraction of sp³-hybridized carbons (Fsp3) is 0.417. The number of hydrogen-bond donors (Lipinski definition) is 1. The van der Waals surface area contributed by atoms with Crippen LogP contribution in [0.3, 0.4) is 0 Å². The van der Waals surface area contributed by atoms with Crippen LogP contribution in [0, 0.1) is 6.92 Å².